The molecule has 1 saturated heterocycles. The molecule has 0 bridgehead atoms. The van der Waals surface area contributed by atoms with Gasteiger partial charge in [0.25, 0.3) is 5.91 Å². The van der Waals surface area contributed by atoms with E-state index in [1.807, 2.05) is 17.0 Å². The number of rotatable bonds is 6. The fraction of sp³-hybridized carbons (Fsp3) is 0.450. The first-order chi connectivity index (χ1) is 12.2. The Labute approximate surface area is 147 Å². The molecule has 0 aliphatic carbocycles. The Balaban J connectivity index is 1.54. The molecule has 2 aromatic rings. The second-order valence-electron chi connectivity index (χ2n) is 6.62. The number of piperidine rings is 1. The number of furan rings is 1. The van der Waals surface area contributed by atoms with Crippen LogP contribution in [0.25, 0.3) is 0 Å². The van der Waals surface area contributed by atoms with E-state index in [9.17, 15) is 9.18 Å². The van der Waals surface area contributed by atoms with E-state index < -0.39 is 0 Å². The highest BCUT2D eigenvalue weighted by Gasteiger charge is 2.26. The van der Waals surface area contributed by atoms with E-state index in [2.05, 4.69) is 0 Å². The van der Waals surface area contributed by atoms with Crippen molar-refractivity contribution in [2.75, 3.05) is 20.2 Å². The molecule has 4 nitrogen and oxygen atoms in total. The number of aryl methyl sites for hydroxylation is 1. The maximum absolute atomic E-state index is 13.0. The van der Waals surface area contributed by atoms with Crippen molar-refractivity contribution < 1.29 is 18.3 Å². The molecule has 3 rings (SSSR count). The van der Waals surface area contributed by atoms with Crippen LogP contribution in [-0.4, -0.2) is 31.0 Å². The molecule has 0 saturated carbocycles. The number of ether oxygens (including phenoxy) is 1. The third kappa shape index (κ3) is 4.69. The summed E-state index contributed by atoms with van der Waals surface area (Å²) in [6.45, 7) is 1.89. The van der Waals surface area contributed by atoms with Crippen molar-refractivity contribution in [3.8, 4) is 0 Å². The Morgan fingerprint density at radius 1 is 1.28 bits per heavy atom. The van der Waals surface area contributed by atoms with Crippen molar-refractivity contribution >= 4 is 5.91 Å². The summed E-state index contributed by atoms with van der Waals surface area (Å²) < 4.78 is 23.6. The van der Waals surface area contributed by atoms with Gasteiger partial charge in [-0.3, -0.25) is 4.79 Å². The summed E-state index contributed by atoms with van der Waals surface area (Å²) in [7, 11) is 1.60. The van der Waals surface area contributed by atoms with Crippen molar-refractivity contribution in [1.29, 1.82) is 0 Å². The number of carbonyl (C=O) groups is 1. The first-order valence-corrected chi connectivity index (χ1v) is 8.77. The van der Waals surface area contributed by atoms with Crippen molar-refractivity contribution in [1.82, 2.24) is 4.90 Å². The lowest BCUT2D eigenvalue weighted by Gasteiger charge is -2.32. The smallest absolute Gasteiger partial charge is 0.289 e. The van der Waals surface area contributed by atoms with Crippen molar-refractivity contribution in [3.05, 3.63) is 59.3 Å². The second-order valence-corrected chi connectivity index (χ2v) is 6.62. The quantitative estimate of drug-likeness (QED) is 0.793. The molecule has 1 fully saturated rings. The van der Waals surface area contributed by atoms with Gasteiger partial charge >= 0.3 is 0 Å². The molecule has 1 aromatic carbocycles. The van der Waals surface area contributed by atoms with Crippen LogP contribution in [0, 0.1) is 11.7 Å². The zero-order chi connectivity index (χ0) is 17.6. The molecule has 0 unspecified atom stereocenters. The van der Waals surface area contributed by atoms with Crippen molar-refractivity contribution in [3.63, 3.8) is 0 Å². The van der Waals surface area contributed by atoms with Crippen molar-refractivity contribution in [2.45, 2.75) is 32.3 Å². The van der Waals surface area contributed by atoms with Gasteiger partial charge in [-0.05, 0) is 61.4 Å². The number of likely N-dealkylation sites (tertiary alicyclic amines) is 1. The number of hydrogen-bond acceptors (Lipinski definition) is 3. The molecule has 0 spiro atoms. The second kappa shape index (κ2) is 8.30. The molecule has 1 aliphatic heterocycles. The van der Waals surface area contributed by atoms with Crippen molar-refractivity contribution in [2.24, 2.45) is 5.92 Å². The minimum absolute atomic E-state index is 0.0474. The van der Waals surface area contributed by atoms with Crippen LogP contribution in [0.2, 0.25) is 0 Å². The number of methoxy groups -OCH3 is 1. The lowest BCUT2D eigenvalue weighted by molar-refractivity contribution is 0.0629. The Kier molecular flexibility index (Phi) is 5.87. The SMILES string of the molecule is COCc1ccc(C(=O)N2CCC[C@@H](CCc3ccc(F)cc3)C2)o1. The van der Waals surface area contributed by atoms with E-state index in [4.69, 9.17) is 9.15 Å². The Morgan fingerprint density at radius 3 is 2.84 bits per heavy atom. The van der Waals surface area contributed by atoms with Gasteiger partial charge < -0.3 is 14.1 Å². The number of hydrogen-bond donors (Lipinski definition) is 0. The summed E-state index contributed by atoms with van der Waals surface area (Å²) in [4.78, 5) is 14.5. The van der Waals surface area contributed by atoms with Crippen LogP contribution in [0.5, 0.6) is 0 Å². The standard InChI is InChI=1S/C20H24FNO3/c1-24-14-18-10-11-19(25-18)20(23)22-12-2-3-16(13-22)5-4-15-6-8-17(21)9-7-15/h6-11,16H,2-5,12-14H2,1H3/t16-/m0/s1. The number of amides is 1. The number of carbonyl (C=O) groups excluding carboxylic acids is 1. The summed E-state index contributed by atoms with van der Waals surface area (Å²) in [5.74, 6) is 1.26. The van der Waals surface area contributed by atoms with E-state index in [-0.39, 0.29) is 11.7 Å². The largest absolute Gasteiger partial charge is 0.453 e. The number of halogens is 1. The maximum Gasteiger partial charge on any atom is 0.289 e. The highest BCUT2D eigenvalue weighted by Crippen LogP contribution is 2.23. The third-order valence-electron chi connectivity index (χ3n) is 4.72. The van der Waals surface area contributed by atoms with Crippen LogP contribution in [-0.2, 0) is 17.8 Å². The van der Waals surface area contributed by atoms with Gasteiger partial charge in [-0.2, -0.15) is 0 Å². The molecule has 5 heteroatoms. The van der Waals surface area contributed by atoms with Gasteiger partial charge in [0.15, 0.2) is 5.76 Å². The monoisotopic (exact) mass is 345 g/mol. The molecular formula is C20H24FNO3. The zero-order valence-corrected chi connectivity index (χ0v) is 14.5. The van der Waals surface area contributed by atoms with Gasteiger partial charge in [-0.1, -0.05) is 12.1 Å². The molecule has 1 aromatic heterocycles. The number of nitrogens with zero attached hydrogens (tertiary/aromatic N) is 1. The highest BCUT2D eigenvalue weighted by molar-refractivity contribution is 5.91. The minimum Gasteiger partial charge on any atom is -0.453 e. The topological polar surface area (TPSA) is 42.7 Å². The third-order valence-corrected chi connectivity index (χ3v) is 4.72. The summed E-state index contributed by atoms with van der Waals surface area (Å²) in [6.07, 6.45) is 4.04. The minimum atomic E-state index is -0.204. The number of benzene rings is 1. The summed E-state index contributed by atoms with van der Waals surface area (Å²) in [6, 6.07) is 10.2. The predicted molar refractivity (Wildman–Crippen MR) is 92.8 cm³/mol. The fourth-order valence-corrected chi connectivity index (χ4v) is 3.38. The van der Waals surface area contributed by atoms with Gasteiger partial charge in [-0.25, -0.2) is 4.39 Å². The van der Waals surface area contributed by atoms with Gasteiger partial charge in [0.2, 0.25) is 0 Å². The predicted octanol–water partition coefficient (Wildman–Crippen LogP) is 4.05. The van der Waals surface area contributed by atoms with Gasteiger partial charge in [0.05, 0.1) is 0 Å². The lowest BCUT2D eigenvalue weighted by atomic mass is 9.91. The first kappa shape index (κ1) is 17.7. The molecule has 25 heavy (non-hydrogen) atoms. The van der Waals surface area contributed by atoms with Gasteiger partial charge in [0.1, 0.15) is 18.2 Å². The molecule has 1 amide bonds. The first-order valence-electron chi connectivity index (χ1n) is 8.77. The average molecular weight is 345 g/mol. The Morgan fingerprint density at radius 2 is 2.08 bits per heavy atom. The van der Waals surface area contributed by atoms with Crippen LogP contribution in [0.3, 0.4) is 0 Å². The van der Waals surface area contributed by atoms with Crippen LogP contribution in [0.4, 0.5) is 4.39 Å². The van der Waals surface area contributed by atoms with E-state index >= 15 is 0 Å². The maximum atomic E-state index is 13.0. The molecule has 0 N–H and O–H groups in total. The van der Waals surface area contributed by atoms with E-state index in [1.165, 1.54) is 12.1 Å². The average Bonchev–Trinajstić information content (AvgIpc) is 3.10. The lowest BCUT2D eigenvalue weighted by Crippen LogP contribution is -2.39. The Hall–Kier alpha value is -2.14. The van der Waals surface area contributed by atoms with E-state index in [0.29, 0.717) is 24.0 Å². The van der Waals surface area contributed by atoms with Gasteiger partial charge in [-0.15, -0.1) is 0 Å². The van der Waals surface area contributed by atoms with E-state index in [1.54, 1.807) is 19.2 Å². The molecule has 2 heterocycles. The molecule has 1 atom stereocenters. The molecule has 0 radical (unpaired) electrons. The van der Waals surface area contributed by atoms with Crippen LogP contribution in [0.1, 0.15) is 41.1 Å². The van der Waals surface area contributed by atoms with Crippen LogP contribution >= 0.6 is 0 Å². The van der Waals surface area contributed by atoms with Crippen LogP contribution < -0.4 is 0 Å². The van der Waals surface area contributed by atoms with Gasteiger partial charge in [0, 0.05) is 20.2 Å². The fourth-order valence-electron chi connectivity index (χ4n) is 3.38. The van der Waals surface area contributed by atoms with E-state index in [0.717, 1.165) is 44.3 Å². The molecule has 1 aliphatic rings. The normalized spacial score (nSPS) is 17.7. The summed E-state index contributed by atoms with van der Waals surface area (Å²) in [5, 5.41) is 0. The highest BCUT2D eigenvalue weighted by atomic mass is 19.1. The molecular weight excluding hydrogens is 321 g/mol. The molecule has 134 valence electrons. The summed E-state index contributed by atoms with van der Waals surface area (Å²) >= 11 is 0. The van der Waals surface area contributed by atoms with Crippen LogP contribution in [0.15, 0.2) is 40.8 Å². The summed E-state index contributed by atoms with van der Waals surface area (Å²) in [5.41, 5.74) is 1.14. The Bertz CT molecular complexity index is 695. The zero-order valence-electron chi connectivity index (χ0n) is 14.5.